The Morgan fingerprint density at radius 1 is 1.29 bits per heavy atom. The number of hydrogen-bond acceptors (Lipinski definition) is 8. The molecule has 9 heteroatoms. The lowest BCUT2D eigenvalue weighted by atomic mass is 10.0. The van der Waals surface area contributed by atoms with Gasteiger partial charge in [-0.05, 0) is 43.1 Å². The summed E-state index contributed by atoms with van der Waals surface area (Å²) in [6.45, 7) is 7.27. The van der Waals surface area contributed by atoms with Crippen LogP contribution < -0.4 is 5.32 Å². The summed E-state index contributed by atoms with van der Waals surface area (Å²) < 4.78 is 9.10. The second-order valence-corrected chi connectivity index (χ2v) is 6.53. The first-order valence-electron chi connectivity index (χ1n) is 8.31. The Morgan fingerprint density at radius 2 is 2.11 bits per heavy atom. The minimum absolute atomic E-state index is 0.307. The van der Waals surface area contributed by atoms with Crippen LogP contribution in [-0.4, -0.2) is 38.4 Å². The van der Waals surface area contributed by atoms with E-state index in [2.05, 4.69) is 36.4 Å². The van der Waals surface area contributed by atoms with E-state index in [-0.39, 0.29) is 5.91 Å². The lowest BCUT2D eigenvalue weighted by molar-refractivity contribution is 0.102. The van der Waals surface area contributed by atoms with E-state index in [0.29, 0.717) is 28.0 Å². The minimum atomic E-state index is -0.307. The van der Waals surface area contributed by atoms with Crippen molar-refractivity contribution in [2.24, 2.45) is 4.99 Å². The molecule has 0 atom stereocenters. The molecule has 0 radical (unpaired) electrons. The van der Waals surface area contributed by atoms with Crippen LogP contribution in [0.1, 0.15) is 26.5 Å². The van der Waals surface area contributed by atoms with E-state index in [0.717, 1.165) is 28.2 Å². The number of carbonyl (C=O) groups is 1. The number of anilines is 1. The van der Waals surface area contributed by atoms with E-state index in [1.54, 1.807) is 20.2 Å². The van der Waals surface area contributed by atoms with Gasteiger partial charge in [-0.15, -0.1) is 5.10 Å². The zero-order valence-electron chi connectivity index (χ0n) is 15.6. The molecule has 0 aliphatic rings. The van der Waals surface area contributed by atoms with Gasteiger partial charge in [0.25, 0.3) is 5.91 Å². The Labute approximate surface area is 166 Å². The van der Waals surface area contributed by atoms with Gasteiger partial charge in [0.05, 0.1) is 30.0 Å². The summed E-state index contributed by atoms with van der Waals surface area (Å²) >= 11 is 1.04. The third-order valence-electron chi connectivity index (χ3n) is 3.91. The Hall–Kier alpha value is -3.46. The lowest BCUT2D eigenvalue weighted by Crippen LogP contribution is -2.13. The summed E-state index contributed by atoms with van der Waals surface area (Å²) in [7, 11) is 1.65. The number of hydrogen-bond donors (Lipinski definition) is 1. The molecule has 1 N–H and O–H groups in total. The molecular formula is C19H18N6O2S. The highest BCUT2D eigenvalue weighted by Gasteiger charge is 2.15. The molecule has 28 heavy (non-hydrogen) atoms. The number of carbonyl (C=O) groups excluding carboxylic acids is 1. The van der Waals surface area contributed by atoms with Crippen molar-refractivity contribution in [1.82, 2.24) is 19.6 Å². The molecule has 3 aromatic rings. The van der Waals surface area contributed by atoms with Crippen molar-refractivity contribution in [3.63, 3.8) is 0 Å². The van der Waals surface area contributed by atoms with Crippen molar-refractivity contribution in [3.05, 3.63) is 65.1 Å². The number of aryl methyl sites for hydroxylation is 2. The van der Waals surface area contributed by atoms with Gasteiger partial charge >= 0.3 is 0 Å². The van der Waals surface area contributed by atoms with Crippen LogP contribution >= 0.6 is 11.5 Å². The molecule has 0 unspecified atom stereocenters. The Balaban J connectivity index is 1.84. The first-order valence-corrected chi connectivity index (χ1v) is 9.09. The fourth-order valence-electron chi connectivity index (χ4n) is 2.50. The van der Waals surface area contributed by atoms with Crippen LogP contribution in [0.25, 0.3) is 11.3 Å². The van der Waals surface area contributed by atoms with Crippen LogP contribution in [0.4, 0.5) is 5.82 Å². The number of nitrogens with one attached hydrogen (secondary N) is 1. The van der Waals surface area contributed by atoms with E-state index >= 15 is 0 Å². The summed E-state index contributed by atoms with van der Waals surface area (Å²) in [6, 6.07) is 5.80. The second kappa shape index (κ2) is 8.49. The molecule has 8 nitrogen and oxygen atoms in total. The molecule has 142 valence electrons. The topological polar surface area (TPSA) is 102 Å². The van der Waals surface area contributed by atoms with Crippen molar-refractivity contribution in [3.8, 4) is 11.3 Å². The van der Waals surface area contributed by atoms with Gasteiger partial charge in [0, 0.05) is 18.2 Å². The van der Waals surface area contributed by atoms with Crippen molar-refractivity contribution in [2.75, 3.05) is 12.4 Å². The van der Waals surface area contributed by atoms with E-state index in [1.807, 2.05) is 25.1 Å². The van der Waals surface area contributed by atoms with Gasteiger partial charge in [0.15, 0.2) is 5.82 Å². The third-order valence-corrected chi connectivity index (χ3v) is 4.74. The van der Waals surface area contributed by atoms with Crippen LogP contribution in [-0.2, 0) is 4.74 Å². The fourth-order valence-corrected chi connectivity index (χ4v) is 3.06. The molecule has 0 saturated heterocycles. The predicted molar refractivity (Wildman–Crippen MR) is 109 cm³/mol. The van der Waals surface area contributed by atoms with Crippen LogP contribution in [0.5, 0.6) is 0 Å². The molecule has 0 saturated carbocycles. The van der Waals surface area contributed by atoms with Gasteiger partial charge in [-0.3, -0.25) is 14.8 Å². The molecule has 0 aliphatic heterocycles. The smallest absolute Gasteiger partial charge is 0.270 e. The third kappa shape index (κ3) is 4.09. The van der Waals surface area contributed by atoms with Crippen LogP contribution in [0, 0.1) is 13.8 Å². The molecule has 2 heterocycles. The molecule has 3 rings (SSSR count). The summed E-state index contributed by atoms with van der Waals surface area (Å²) in [5.41, 5.74) is 3.96. The van der Waals surface area contributed by atoms with E-state index < -0.39 is 0 Å². The second-order valence-electron chi connectivity index (χ2n) is 5.77. The van der Waals surface area contributed by atoms with Crippen molar-refractivity contribution >= 4 is 29.2 Å². The van der Waals surface area contributed by atoms with E-state index in [4.69, 9.17) is 4.74 Å². The maximum absolute atomic E-state index is 12.2. The number of benzene rings is 1. The van der Waals surface area contributed by atoms with Crippen molar-refractivity contribution in [2.45, 2.75) is 13.8 Å². The number of aliphatic imine (C=N–C) groups is 1. The highest BCUT2D eigenvalue weighted by atomic mass is 32.1. The maximum Gasteiger partial charge on any atom is 0.270 e. The fraction of sp³-hybridized carbons (Fsp3) is 0.158. The number of aromatic nitrogens is 4. The molecule has 1 amide bonds. The molecule has 0 bridgehead atoms. The van der Waals surface area contributed by atoms with E-state index in [9.17, 15) is 4.79 Å². The summed E-state index contributed by atoms with van der Waals surface area (Å²) in [5.74, 6) is 0.501. The lowest BCUT2D eigenvalue weighted by Gasteiger charge is -2.10. The van der Waals surface area contributed by atoms with Gasteiger partial charge < -0.3 is 10.1 Å². The van der Waals surface area contributed by atoms with Crippen LogP contribution in [0.2, 0.25) is 0 Å². The van der Waals surface area contributed by atoms with Gasteiger partial charge in [0.1, 0.15) is 4.88 Å². The van der Waals surface area contributed by atoms with Gasteiger partial charge in [0.2, 0.25) is 5.90 Å². The normalized spacial score (nSPS) is 11.2. The molecule has 0 spiro atoms. The standard InChI is InChI=1S/C19H18N6O2S/c1-5-27-19(20-4)13-7-6-11(2)14(8-13)15-9-22-16(10-21-15)23-18(26)17-12(3)24-25-28-17/h5-10H,1H2,2-4H3,(H,22,23,26)/b20-19-. The SMILES string of the molecule is C=CO/C(=N\C)c1ccc(C)c(-c2cnc(NC(=O)c3snnc3C)cn2)c1. The average Bonchev–Trinajstić information content (AvgIpc) is 3.13. The van der Waals surface area contributed by atoms with Gasteiger partial charge in [-0.25, -0.2) is 4.98 Å². The van der Waals surface area contributed by atoms with E-state index in [1.165, 1.54) is 12.5 Å². The predicted octanol–water partition coefficient (Wildman–Crippen LogP) is 3.40. The Kier molecular flexibility index (Phi) is 5.85. The molecule has 2 aromatic heterocycles. The summed E-state index contributed by atoms with van der Waals surface area (Å²) in [5, 5.41) is 6.53. The number of rotatable bonds is 5. The largest absolute Gasteiger partial charge is 0.447 e. The monoisotopic (exact) mass is 394 g/mol. The Bertz CT molecular complexity index is 1040. The molecule has 0 aliphatic carbocycles. The first kappa shape index (κ1) is 19.3. The summed E-state index contributed by atoms with van der Waals surface area (Å²) in [6.07, 6.45) is 4.45. The Morgan fingerprint density at radius 3 is 2.71 bits per heavy atom. The zero-order chi connectivity index (χ0) is 20.1. The molecule has 0 fully saturated rings. The maximum atomic E-state index is 12.2. The average molecular weight is 394 g/mol. The molecule has 1 aromatic carbocycles. The molecular weight excluding hydrogens is 376 g/mol. The minimum Gasteiger partial charge on any atom is -0.447 e. The quantitative estimate of drug-likeness (QED) is 0.404. The van der Waals surface area contributed by atoms with Gasteiger partial charge in [-0.2, -0.15) is 0 Å². The van der Waals surface area contributed by atoms with Crippen LogP contribution in [0.15, 0.2) is 48.4 Å². The van der Waals surface area contributed by atoms with Crippen molar-refractivity contribution < 1.29 is 9.53 Å². The number of amides is 1. The van der Waals surface area contributed by atoms with Gasteiger partial charge in [-0.1, -0.05) is 17.1 Å². The summed E-state index contributed by atoms with van der Waals surface area (Å²) in [4.78, 5) is 25.5. The number of ether oxygens (including phenoxy) is 1. The van der Waals surface area contributed by atoms with Crippen molar-refractivity contribution in [1.29, 1.82) is 0 Å². The highest BCUT2D eigenvalue weighted by molar-refractivity contribution is 7.08. The zero-order valence-corrected chi connectivity index (χ0v) is 16.4. The first-order chi connectivity index (χ1) is 13.5. The number of nitrogens with zero attached hydrogens (tertiary/aromatic N) is 5. The highest BCUT2D eigenvalue weighted by Crippen LogP contribution is 2.24. The van der Waals surface area contributed by atoms with Crippen LogP contribution in [0.3, 0.4) is 0 Å².